The van der Waals surface area contributed by atoms with Crippen LogP contribution in [0.4, 0.5) is 5.69 Å². The van der Waals surface area contributed by atoms with E-state index < -0.39 is 0 Å². The van der Waals surface area contributed by atoms with Crippen LogP contribution in [0.25, 0.3) is 0 Å². The third kappa shape index (κ3) is 4.81. The van der Waals surface area contributed by atoms with E-state index >= 15 is 0 Å². The Balaban J connectivity index is 0.00000256. The second-order valence-corrected chi connectivity index (χ2v) is 5.34. The number of hydrogen-bond donors (Lipinski definition) is 2. The van der Waals surface area contributed by atoms with Gasteiger partial charge < -0.3 is 11.1 Å². The van der Waals surface area contributed by atoms with Crippen molar-refractivity contribution >= 4 is 46.6 Å². The van der Waals surface area contributed by atoms with E-state index in [1.54, 1.807) is 0 Å². The Morgan fingerprint density at radius 3 is 2.47 bits per heavy atom. The highest BCUT2D eigenvalue weighted by Gasteiger charge is 2.17. The third-order valence-corrected chi connectivity index (χ3v) is 3.32. The molecule has 3 N–H and O–H groups in total. The lowest BCUT2D eigenvalue weighted by Gasteiger charge is -2.16. The number of anilines is 1. The van der Waals surface area contributed by atoms with E-state index in [4.69, 9.17) is 5.73 Å². The first-order chi connectivity index (χ1) is 7.41. The Labute approximate surface area is 122 Å². The molecule has 0 aromatic heterocycles. The van der Waals surface area contributed by atoms with Crippen LogP contribution in [0.3, 0.4) is 0 Å². The molecular weight excluding hydrogens is 351 g/mol. The summed E-state index contributed by atoms with van der Waals surface area (Å²) in [5.41, 5.74) is 7.62. The lowest BCUT2D eigenvalue weighted by Crippen LogP contribution is -2.34. The van der Waals surface area contributed by atoms with Crippen molar-refractivity contribution in [3.63, 3.8) is 0 Å². The molecule has 0 saturated heterocycles. The van der Waals surface area contributed by atoms with Gasteiger partial charge >= 0.3 is 0 Å². The van der Waals surface area contributed by atoms with Gasteiger partial charge in [0.1, 0.15) is 0 Å². The first-order valence-corrected chi connectivity index (χ1v) is 6.32. The van der Waals surface area contributed by atoms with Crippen molar-refractivity contribution in [2.24, 2.45) is 11.7 Å². The number of rotatable bonds is 3. The predicted octanol–water partition coefficient (Wildman–Crippen LogP) is 2.94. The molecule has 1 rings (SSSR count). The highest BCUT2D eigenvalue weighted by molar-refractivity contribution is 14.1. The average Bonchev–Trinajstić information content (AvgIpc) is 2.20. The fourth-order valence-corrected chi connectivity index (χ4v) is 1.90. The molecule has 0 fully saturated rings. The normalized spacial score (nSPS) is 13.5. The number of carbonyl (C=O) groups excluding carboxylic acids is 1. The van der Waals surface area contributed by atoms with Crippen LogP contribution in [0.15, 0.2) is 18.2 Å². The molecule has 17 heavy (non-hydrogen) atoms. The van der Waals surface area contributed by atoms with Crippen LogP contribution in [0.5, 0.6) is 0 Å². The minimum atomic E-state index is -0.182. The summed E-state index contributed by atoms with van der Waals surface area (Å²) in [6.45, 7) is 5.65. The van der Waals surface area contributed by atoms with Crippen LogP contribution in [0, 0.1) is 16.4 Å². The Morgan fingerprint density at radius 1 is 1.41 bits per heavy atom. The summed E-state index contributed by atoms with van der Waals surface area (Å²) in [6, 6.07) is 5.79. The molecule has 0 bridgehead atoms. The van der Waals surface area contributed by atoms with Gasteiger partial charge in [-0.2, -0.15) is 0 Å². The van der Waals surface area contributed by atoms with Gasteiger partial charge in [-0.1, -0.05) is 6.92 Å². The van der Waals surface area contributed by atoms with Gasteiger partial charge in [0.25, 0.3) is 0 Å². The summed E-state index contributed by atoms with van der Waals surface area (Å²) in [7, 11) is 0. The molecule has 0 radical (unpaired) electrons. The number of nitrogens with two attached hydrogens (primary N) is 1. The Morgan fingerprint density at radius 2 is 2.00 bits per heavy atom. The van der Waals surface area contributed by atoms with Crippen LogP contribution < -0.4 is 11.1 Å². The first kappa shape index (κ1) is 16.7. The fourth-order valence-electron chi connectivity index (χ4n) is 1.25. The van der Waals surface area contributed by atoms with Crippen LogP contribution in [0.1, 0.15) is 19.4 Å². The van der Waals surface area contributed by atoms with Gasteiger partial charge in [0.15, 0.2) is 0 Å². The van der Waals surface area contributed by atoms with Crippen molar-refractivity contribution in [1.82, 2.24) is 0 Å². The summed E-state index contributed by atoms with van der Waals surface area (Å²) in [5.74, 6) is -0.210. The van der Waals surface area contributed by atoms with Crippen LogP contribution >= 0.6 is 35.0 Å². The molecule has 0 heterocycles. The van der Waals surface area contributed by atoms with E-state index in [1.165, 1.54) is 0 Å². The average molecular weight is 369 g/mol. The number of amides is 1. The Kier molecular flexibility index (Phi) is 7.04. The second-order valence-electron chi connectivity index (χ2n) is 4.10. The molecule has 2 atom stereocenters. The smallest absolute Gasteiger partial charge is 0.228 e. The van der Waals surface area contributed by atoms with Crippen LogP contribution in [-0.4, -0.2) is 11.9 Å². The summed E-state index contributed by atoms with van der Waals surface area (Å²) < 4.78 is 1.16. The van der Waals surface area contributed by atoms with Gasteiger partial charge in [-0.15, -0.1) is 12.4 Å². The zero-order valence-electron chi connectivity index (χ0n) is 10.2. The monoisotopic (exact) mass is 368 g/mol. The van der Waals surface area contributed by atoms with Gasteiger partial charge in [0, 0.05) is 15.3 Å². The number of benzene rings is 1. The number of hydrogen-bond acceptors (Lipinski definition) is 2. The maximum Gasteiger partial charge on any atom is 0.228 e. The van der Waals surface area contributed by atoms with E-state index in [1.807, 2.05) is 39.0 Å². The highest BCUT2D eigenvalue weighted by Crippen LogP contribution is 2.18. The summed E-state index contributed by atoms with van der Waals surface area (Å²) in [6.07, 6.45) is 0. The number of carbonyl (C=O) groups is 1. The topological polar surface area (TPSA) is 55.1 Å². The van der Waals surface area contributed by atoms with Gasteiger partial charge in [-0.05, 0) is 60.2 Å². The van der Waals surface area contributed by atoms with E-state index in [2.05, 4.69) is 27.9 Å². The minimum absolute atomic E-state index is 0. The van der Waals surface area contributed by atoms with Crippen molar-refractivity contribution in [1.29, 1.82) is 0 Å². The fraction of sp³-hybridized carbons (Fsp3) is 0.417. The van der Waals surface area contributed by atoms with E-state index in [0.29, 0.717) is 0 Å². The van der Waals surface area contributed by atoms with Gasteiger partial charge in [-0.3, -0.25) is 4.79 Å². The van der Waals surface area contributed by atoms with E-state index in [9.17, 15) is 4.79 Å². The predicted molar refractivity (Wildman–Crippen MR) is 82.6 cm³/mol. The number of aryl methyl sites for hydroxylation is 1. The van der Waals surface area contributed by atoms with Crippen molar-refractivity contribution in [3.05, 3.63) is 27.3 Å². The molecule has 0 aliphatic heterocycles. The van der Waals surface area contributed by atoms with Crippen molar-refractivity contribution in [2.75, 3.05) is 5.32 Å². The Bertz CT molecular complexity index is 396. The number of nitrogens with one attached hydrogen (secondary N) is 1. The molecule has 2 unspecified atom stereocenters. The SMILES string of the molecule is Cc1cc(I)ccc1NC(=O)C(C)C(C)N.Cl. The summed E-state index contributed by atoms with van der Waals surface area (Å²) in [5, 5.41) is 2.90. The largest absolute Gasteiger partial charge is 0.327 e. The van der Waals surface area contributed by atoms with Crippen LogP contribution in [-0.2, 0) is 4.79 Å². The minimum Gasteiger partial charge on any atom is -0.327 e. The van der Waals surface area contributed by atoms with Crippen molar-refractivity contribution in [2.45, 2.75) is 26.8 Å². The highest BCUT2D eigenvalue weighted by atomic mass is 127. The van der Waals surface area contributed by atoms with Gasteiger partial charge in [0.2, 0.25) is 5.91 Å². The molecule has 0 saturated carbocycles. The second kappa shape index (κ2) is 7.18. The maximum atomic E-state index is 11.8. The standard InChI is InChI=1S/C12H17IN2O.ClH/c1-7-6-10(13)4-5-11(7)15-12(16)8(2)9(3)14;/h4-6,8-9H,14H2,1-3H3,(H,15,16);1H. The summed E-state index contributed by atoms with van der Waals surface area (Å²) >= 11 is 2.25. The Hall–Kier alpha value is -0.330. The number of halogens is 2. The molecule has 0 aliphatic rings. The zero-order chi connectivity index (χ0) is 12.3. The van der Waals surface area contributed by atoms with Gasteiger partial charge in [-0.25, -0.2) is 0 Å². The molecule has 5 heteroatoms. The first-order valence-electron chi connectivity index (χ1n) is 5.24. The third-order valence-electron chi connectivity index (χ3n) is 2.65. The van der Waals surface area contributed by atoms with Crippen LogP contribution in [0.2, 0.25) is 0 Å². The molecule has 0 spiro atoms. The van der Waals surface area contributed by atoms with E-state index in [0.717, 1.165) is 14.8 Å². The van der Waals surface area contributed by atoms with E-state index in [-0.39, 0.29) is 30.3 Å². The molecule has 3 nitrogen and oxygen atoms in total. The lowest BCUT2D eigenvalue weighted by molar-refractivity contribution is -0.119. The summed E-state index contributed by atoms with van der Waals surface area (Å²) in [4.78, 5) is 11.8. The molecule has 1 amide bonds. The molecule has 1 aromatic carbocycles. The molecule has 1 aromatic rings. The van der Waals surface area contributed by atoms with Crippen molar-refractivity contribution < 1.29 is 4.79 Å². The maximum absolute atomic E-state index is 11.8. The van der Waals surface area contributed by atoms with Crippen molar-refractivity contribution in [3.8, 4) is 0 Å². The lowest BCUT2D eigenvalue weighted by atomic mass is 10.0. The molecular formula is C12H18ClIN2O. The molecule has 96 valence electrons. The van der Waals surface area contributed by atoms with Gasteiger partial charge in [0.05, 0.1) is 5.92 Å². The quantitative estimate of drug-likeness (QED) is 0.806. The zero-order valence-corrected chi connectivity index (χ0v) is 13.1. The molecule has 0 aliphatic carbocycles.